The summed E-state index contributed by atoms with van der Waals surface area (Å²) in [5, 5.41) is 9.84. The normalized spacial score (nSPS) is 10.8. The van der Waals surface area contributed by atoms with Crippen LogP contribution < -0.4 is 0 Å². The number of rotatable bonds is 3. The molecule has 0 amide bonds. The molecule has 0 unspecified atom stereocenters. The van der Waals surface area contributed by atoms with E-state index in [0.29, 0.717) is 5.56 Å². The van der Waals surface area contributed by atoms with Crippen LogP contribution >= 0.6 is 46.4 Å². The molecule has 2 rings (SSSR count). The molecule has 1 N–H and O–H groups in total. The minimum absolute atomic E-state index is 0.156. The number of ketones is 1. The molecule has 6 heteroatoms. The van der Waals surface area contributed by atoms with E-state index in [-0.39, 0.29) is 21.6 Å². The highest BCUT2D eigenvalue weighted by atomic mass is 35.5. The maximum atomic E-state index is 11.6. The number of hydrogen-bond donors (Lipinski definition) is 1. The zero-order chi connectivity index (χ0) is 14.9. The lowest BCUT2D eigenvalue weighted by Crippen LogP contribution is -2.07. The predicted octanol–water partition coefficient (Wildman–Crippen LogP) is 5.35. The third-order valence-electron chi connectivity index (χ3n) is 2.72. The van der Waals surface area contributed by atoms with Crippen LogP contribution in [0.1, 0.15) is 10.4 Å². The summed E-state index contributed by atoms with van der Waals surface area (Å²) in [5.74, 6) is -0.516. The van der Waals surface area contributed by atoms with Gasteiger partial charge in [-0.2, -0.15) is 0 Å². The van der Waals surface area contributed by atoms with Crippen LogP contribution in [0, 0.1) is 0 Å². The van der Waals surface area contributed by atoms with E-state index in [2.05, 4.69) is 0 Å². The molecule has 20 heavy (non-hydrogen) atoms. The Hall–Kier alpha value is -0.930. The lowest BCUT2D eigenvalue weighted by molar-refractivity contribution is 0.101. The van der Waals surface area contributed by atoms with E-state index in [4.69, 9.17) is 46.4 Å². The molecule has 0 aliphatic carbocycles. The Morgan fingerprint density at radius 1 is 0.950 bits per heavy atom. The number of alkyl halides is 2. The molecule has 2 aromatic rings. The van der Waals surface area contributed by atoms with Crippen molar-refractivity contribution >= 4 is 52.2 Å². The van der Waals surface area contributed by atoms with Crippen LogP contribution in [0.2, 0.25) is 10.0 Å². The number of hydrogen-bond acceptors (Lipinski definition) is 2. The third kappa shape index (κ3) is 3.21. The standard InChI is InChI=1S/C14H8Cl4O2/c15-10-5-9(6-11(16)13(10)20)7-1-3-8(4-2-7)12(19)14(17)18/h1-6,14,20H. The molecule has 0 aliphatic heterocycles. The van der Waals surface area contributed by atoms with Gasteiger partial charge in [0.25, 0.3) is 0 Å². The highest BCUT2D eigenvalue weighted by Crippen LogP contribution is 2.36. The summed E-state index contributed by atoms with van der Waals surface area (Å²) in [7, 11) is 0. The maximum absolute atomic E-state index is 11.6. The quantitative estimate of drug-likeness (QED) is 0.598. The van der Waals surface area contributed by atoms with Gasteiger partial charge in [-0.05, 0) is 23.3 Å². The van der Waals surface area contributed by atoms with Gasteiger partial charge in [0.05, 0.1) is 10.0 Å². The van der Waals surface area contributed by atoms with Gasteiger partial charge in [-0.25, -0.2) is 0 Å². The van der Waals surface area contributed by atoms with Gasteiger partial charge in [-0.15, -0.1) is 0 Å². The van der Waals surface area contributed by atoms with E-state index in [9.17, 15) is 9.90 Å². The Balaban J connectivity index is 2.38. The number of aromatic hydroxyl groups is 1. The summed E-state index contributed by atoms with van der Waals surface area (Å²) in [4.78, 5) is 10.5. The average Bonchev–Trinajstić information content (AvgIpc) is 2.43. The molecule has 0 bridgehead atoms. The van der Waals surface area contributed by atoms with Gasteiger partial charge in [0.1, 0.15) is 0 Å². The Morgan fingerprint density at radius 2 is 1.45 bits per heavy atom. The van der Waals surface area contributed by atoms with Gasteiger partial charge in [0.15, 0.2) is 16.4 Å². The molecule has 104 valence electrons. The van der Waals surface area contributed by atoms with E-state index in [1.54, 1.807) is 36.4 Å². The molecular weight excluding hydrogens is 342 g/mol. The van der Waals surface area contributed by atoms with E-state index in [1.807, 2.05) is 0 Å². The molecule has 0 heterocycles. The molecule has 0 radical (unpaired) electrons. The molecule has 2 nitrogen and oxygen atoms in total. The van der Waals surface area contributed by atoms with Crippen LogP contribution in [-0.2, 0) is 0 Å². The molecule has 0 spiro atoms. The third-order valence-corrected chi connectivity index (χ3v) is 3.69. The molecule has 0 saturated carbocycles. The zero-order valence-electron chi connectivity index (χ0n) is 9.91. The van der Waals surface area contributed by atoms with Crippen molar-refractivity contribution in [3.05, 3.63) is 52.0 Å². The first-order chi connectivity index (χ1) is 9.40. The fraction of sp³-hybridized carbons (Fsp3) is 0.0714. The number of phenols is 1. The van der Waals surface area contributed by atoms with Crippen molar-refractivity contribution in [2.75, 3.05) is 0 Å². The number of carbonyl (C=O) groups excluding carboxylic acids is 1. The van der Waals surface area contributed by atoms with Crippen LogP contribution in [0.5, 0.6) is 5.75 Å². The molecule has 0 saturated heterocycles. The van der Waals surface area contributed by atoms with E-state index < -0.39 is 4.84 Å². The van der Waals surface area contributed by atoms with Crippen LogP contribution in [-0.4, -0.2) is 15.7 Å². The number of phenolic OH excluding ortho intramolecular Hbond substituents is 1. The second-order valence-electron chi connectivity index (χ2n) is 4.03. The minimum atomic E-state index is -1.08. The van der Waals surface area contributed by atoms with E-state index in [1.165, 1.54) is 0 Å². The molecular formula is C14H8Cl4O2. The van der Waals surface area contributed by atoms with Crippen molar-refractivity contribution in [1.29, 1.82) is 0 Å². The Bertz CT molecular complexity index is 628. The smallest absolute Gasteiger partial charge is 0.195 e. The van der Waals surface area contributed by atoms with Crippen molar-refractivity contribution < 1.29 is 9.90 Å². The fourth-order valence-electron chi connectivity index (χ4n) is 1.69. The van der Waals surface area contributed by atoms with Gasteiger partial charge in [0, 0.05) is 5.56 Å². The number of Topliss-reactive ketones (excluding diaryl/α,β-unsaturated/α-hetero) is 1. The van der Waals surface area contributed by atoms with Crippen LogP contribution in [0.15, 0.2) is 36.4 Å². The summed E-state index contributed by atoms with van der Waals surface area (Å²) in [6.45, 7) is 0. The Kier molecular flexibility index (Phi) is 4.82. The Labute approximate surface area is 135 Å². The van der Waals surface area contributed by atoms with Crippen LogP contribution in [0.3, 0.4) is 0 Å². The van der Waals surface area contributed by atoms with Crippen molar-refractivity contribution in [1.82, 2.24) is 0 Å². The lowest BCUT2D eigenvalue weighted by Gasteiger charge is -2.07. The number of benzene rings is 2. The van der Waals surface area contributed by atoms with E-state index in [0.717, 1.165) is 11.1 Å². The van der Waals surface area contributed by atoms with Crippen molar-refractivity contribution in [3.63, 3.8) is 0 Å². The summed E-state index contributed by atoms with van der Waals surface area (Å²) in [5.41, 5.74) is 1.94. The second kappa shape index (κ2) is 6.23. The highest BCUT2D eigenvalue weighted by Gasteiger charge is 2.14. The lowest BCUT2D eigenvalue weighted by atomic mass is 10.0. The Morgan fingerprint density at radius 3 is 1.90 bits per heavy atom. The predicted molar refractivity (Wildman–Crippen MR) is 83.4 cm³/mol. The number of halogens is 4. The first-order valence-electron chi connectivity index (χ1n) is 5.51. The van der Waals surface area contributed by atoms with Gasteiger partial charge in [0.2, 0.25) is 0 Å². The summed E-state index contributed by atoms with van der Waals surface area (Å²) < 4.78 is 0. The minimum Gasteiger partial charge on any atom is -0.505 e. The van der Waals surface area contributed by atoms with Gasteiger partial charge in [-0.3, -0.25) is 4.79 Å². The van der Waals surface area contributed by atoms with E-state index >= 15 is 0 Å². The molecule has 2 aromatic carbocycles. The monoisotopic (exact) mass is 348 g/mol. The zero-order valence-corrected chi connectivity index (χ0v) is 12.9. The number of carbonyl (C=O) groups is 1. The van der Waals surface area contributed by atoms with Gasteiger partial charge in [-0.1, -0.05) is 70.7 Å². The van der Waals surface area contributed by atoms with Gasteiger partial charge < -0.3 is 5.11 Å². The van der Waals surface area contributed by atoms with Crippen molar-refractivity contribution in [2.45, 2.75) is 4.84 Å². The topological polar surface area (TPSA) is 37.3 Å². The molecule has 0 aromatic heterocycles. The molecule has 0 atom stereocenters. The maximum Gasteiger partial charge on any atom is 0.195 e. The molecule has 0 aliphatic rings. The SMILES string of the molecule is O=C(c1ccc(-c2cc(Cl)c(O)c(Cl)c2)cc1)C(Cl)Cl. The highest BCUT2D eigenvalue weighted by molar-refractivity contribution is 6.55. The second-order valence-corrected chi connectivity index (χ2v) is 5.94. The van der Waals surface area contributed by atoms with Crippen LogP contribution in [0.4, 0.5) is 0 Å². The van der Waals surface area contributed by atoms with Crippen molar-refractivity contribution in [2.24, 2.45) is 0 Å². The van der Waals surface area contributed by atoms with Gasteiger partial charge >= 0.3 is 0 Å². The van der Waals surface area contributed by atoms with Crippen molar-refractivity contribution in [3.8, 4) is 16.9 Å². The summed E-state index contributed by atoms with van der Waals surface area (Å²) in [6, 6.07) is 9.86. The van der Waals surface area contributed by atoms with Crippen LogP contribution in [0.25, 0.3) is 11.1 Å². The average molecular weight is 350 g/mol. The summed E-state index contributed by atoms with van der Waals surface area (Å²) in [6.07, 6.45) is 0. The fourth-order valence-corrected chi connectivity index (χ4v) is 2.42. The first-order valence-corrected chi connectivity index (χ1v) is 7.14. The largest absolute Gasteiger partial charge is 0.505 e. The summed E-state index contributed by atoms with van der Waals surface area (Å²) >= 11 is 22.8. The molecule has 0 fully saturated rings. The first kappa shape index (κ1) is 15.5.